The van der Waals surface area contributed by atoms with E-state index in [2.05, 4.69) is 54.2 Å². The third-order valence-corrected chi connectivity index (χ3v) is 13.9. The third-order valence-electron chi connectivity index (χ3n) is 12.7. The van der Waals surface area contributed by atoms with E-state index < -0.39 is 11.9 Å². The molecule has 1 atom stereocenters. The number of aromatic nitrogens is 3. The zero-order chi connectivity index (χ0) is 49.4. The summed E-state index contributed by atoms with van der Waals surface area (Å²) in [4.78, 5) is 72.7. The predicted octanol–water partition coefficient (Wildman–Crippen LogP) is 9.66. The molecule has 4 amide bonds. The molecule has 5 heterocycles. The number of para-hydroxylation sites is 1. The molecule has 16 nitrogen and oxygen atoms in total. The summed E-state index contributed by atoms with van der Waals surface area (Å²) in [5.74, 6) is 0.955. The highest BCUT2D eigenvalue weighted by molar-refractivity contribution is 7.17. The third kappa shape index (κ3) is 14.4. The summed E-state index contributed by atoms with van der Waals surface area (Å²) in [5.41, 5.74) is 3.77. The smallest absolute Gasteiger partial charge is 0.267 e. The Balaban J connectivity index is 0.658. The van der Waals surface area contributed by atoms with Crippen LogP contribution in [-0.4, -0.2) is 114 Å². The second-order valence-electron chi connectivity index (χ2n) is 18.1. The molecule has 0 saturated carbocycles. The van der Waals surface area contributed by atoms with Crippen molar-refractivity contribution in [2.75, 3.05) is 80.0 Å². The number of rotatable bonds is 26. The molecular weight excluding hydrogens is 928 g/mol. The quantitative estimate of drug-likeness (QED) is 0.0345. The Kier molecular flexibility index (Phi) is 19.3. The van der Waals surface area contributed by atoms with Crippen LogP contribution in [0.25, 0.3) is 0 Å². The van der Waals surface area contributed by atoms with Crippen LogP contribution in [0.3, 0.4) is 0 Å². The van der Waals surface area contributed by atoms with Crippen molar-refractivity contribution in [2.24, 2.45) is 0 Å². The summed E-state index contributed by atoms with van der Waals surface area (Å²) in [6.45, 7) is 19.5. The molecule has 2 saturated heterocycles. The maximum atomic E-state index is 13.4. The lowest BCUT2D eigenvalue weighted by Crippen LogP contribution is -2.47. The van der Waals surface area contributed by atoms with Gasteiger partial charge in [-0.15, -0.1) is 0 Å². The van der Waals surface area contributed by atoms with Gasteiger partial charge >= 0.3 is 0 Å². The number of thiazole rings is 1. The van der Waals surface area contributed by atoms with Gasteiger partial charge in [-0.25, -0.2) is 15.0 Å². The van der Waals surface area contributed by atoms with Gasteiger partial charge in [-0.2, -0.15) is 0 Å². The number of fused-ring (bicyclic) bond motifs is 1. The molecule has 0 aliphatic carbocycles. The SMILES string of the molecule is C=C1CCC(N2C(=O)c3cccc(NC(=O)CCCCCOCCCCCOCCCCCCN4CCN(c5cc(Nc6ncc(C(=O)Nc7c(C)cccc7Cl)s6)nc(C)n5)CC4)c3C2=O)C(=C)N1. The zero-order valence-corrected chi connectivity index (χ0v) is 42.2. The van der Waals surface area contributed by atoms with Gasteiger partial charge in [-0.05, 0) is 102 Å². The normalized spacial score (nSPS) is 16.1. The van der Waals surface area contributed by atoms with E-state index in [1.807, 2.05) is 32.0 Å². The summed E-state index contributed by atoms with van der Waals surface area (Å²) < 4.78 is 11.7. The number of ether oxygens (including phenoxy) is 2. The van der Waals surface area contributed by atoms with E-state index in [-0.39, 0.29) is 23.3 Å². The monoisotopic (exact) mass is 994 g/mol. The number of carbonyl (C=O) groups is 4. The summed E-state index contributed by atoms with van der Waals surface area (Å²) in [6, 6.07) is 12.0. The summed E-state index contributed by atoms with van der Waals surface area (Å²) in [5, 5.41) is 13.2. The van der Waals surface area contributed by atoms with Crippen molar-refractivity contribution in [1.29, 1.82) is 0 Å². The highest BCUT2D eigenvalue weighted by atomic mass is 35.5. The number of imide groups is 1. The molecule has 374 valence electrons. The minimum absolute atomic E-state index is 0.182. The van der Waals surface area contributed by atoms with E-state index in [1.165, 1.54) is 35.5 Å². The summed E-state index contributed by atoms with van der Waals surface area (Å²) in [6.07, 6.45) is 13.2. The average molecular weight is 996 g/mol. The molecule has 0 radical (unpaired) electrons. The molecule has 4 aromatic rings. The maximum Gasteiger partial charge on any atom is 0.267 e. The number of nitrogens with zero attached hydrogens (tertiary/aromatic N) is 6. The summed E-state index contributed by atoms with van der Waals surface area (Å²) in [7, 11) is 0. The number of allylic oxidation sites excluding steroid dienone is 1. The molecule has 4 N–H and O–H groups in total. The Morgan fingerprint density at radius 2 is 1.53 bits per heavy atom. The van der Waals surface area contributed by atoms with Crippen LogP contribution in [0.15, 0.2) is 73.2 Å². The van der Waals surface area contributed by atoms with Gasteiger partial charge in [0, 0.05) is 76.5 Å². The van der Waals surface area contributed by atoms with Crippen LogP contribution in [0.2, 0.25) is 5.02 Å². The Morgan fingerprint density at radius 1 is 0.843 bits per heavy atom. The van der Waals surface area contributed by atoms with Gasteiger partial charge in [0.25, 0.3) is 17.7 Å². The number of piperidine rings is 1. The number of piperazine rings is 1. The first-order valence-corrected chi connectivity index (χ1v) is 25.9. The lowest BCUT2D eigenvalue weighted by molar-refractivity contribution is -0.116. The number of aryl methyl sites for hydroxylation is 2. The van der Waals surface area contributed by atoms with Gasteiger partial charge in [0.05, 0.1) is 39.8 Å². The molecular formula is C52H67ClN10O6S. The first-order valence-electron chi connectivity index (χ1n) is 24.7. The van der Waals surface area contributed by atoms with Gasteiger partial charge in [-0.1, -0.05) is 73.6 Å². The second-order valence-corrected chi connectivity index (χ2v) is 19.5. The van der Waals surface area contributed by atoms with Crippen molar-refractivity contribution >= 4 is 74.7 Å². The van der Waals surface area contributed by atoms with Crippen LogP contribution in [0.4, 0.5) is 28.1 Å². The number of anilines is 5. The fourth-order valence-electron chi connectivity index (χ4n) is 8.89. The van der Waals surface area contributed by atoms with E-state index in [9.17, 15) is 19.2 Å². The predicted molar refractivity (Wildman–Crippen MR) is 277 cm³/mol. The van der Waals surface area contributed by atoms with Crippen LogP contribution >= 0.6 is 22.9 Å². The minimum atomic E-state index is -0.462. The Bertz CT molecular complexity index is 2470. The van der Waals surface area contributed by atoms with Crippen LogP contribution in [0, 0.1) is 13.8 Å². The van der Waals surface area contributed by atoms with Gasteiger partial charge < -0.3 is 35.6 Å². The highest BCUT2D eigenvalue weighted by Crippen LogP contribution is 2.35. The van der Waals surface area contributed by atoms with E-state index in [4.69, 9.17) is 26.1 Å². The summed E-state index contributed by atoms with van der Waals surface area (Å²) >= 11 is 7.56. The van der Waals surface area contributed by atoms with Gasteiger partial charge in [-0.3, -0.25) is 29.0 Å². The standard InChI is InChI=1S/C52H67ClN10O6S/c1-35-17-15-19-40(53)48(35)60-49(65)43-34-54-52(70-43)59-44-33-45(57-38(4)56-44)62-27-25-61(26-28-62)24-10-5-6-11-29-68-31-13-8-14-32-69-30-12-7-9-21-46(64)58-41-20-16-18-39-47(41)51(67)63(50(39)66)42-23-22-36(2)55-37(42)3/h15-20,33-34,42,55H,2-3,5-14,21-32H2,1,4H3,(H,58,64)(H,60,65)(H,54,56,57,59). The molecule has 70 heavy (non-hydrogen) atoms. The molecule has 1 unspecified atom stereocenters. The fourth-order valence-corrected chi connectivity index (χ4v) is 9.87. The highest BCUT2D eigenvalue weighted by Gasteiger charge is 2.43. The molecule has 2 fully saturated rings. The zero-order valence-electron chi connectivity index (χ0n) is 40.6. The molecule has 2 aromatic carbocycles. The number of unbranched alkanes of at least 4 members (excludes halogenated alkanes) is 7. The van der Waals surface area contributed by atoms with Crippen molar-refractivity contribution in [2.45, 2.75) is 103 Å². The molecule has 3 aliphatic heterocycles. The molecule has 18 heteroatoms. The van der Waals surface area contributed by atoms with Crippen LogP contribution < -0.4 is 26.2 Å². The van der Waals surface area contributed by atoms with Gasteiger partial charge in [0.2, 0.25) is 5.91 Å². The average Bonchev–Trinajstić information content (AvgIpc) is 3.91. The van der Waals surface area contributed by atoms with Crippen molar-refractivity contribution in [3.8, 4) is 0 Å². The molecule has 7 rings (SSSR count). The van der Waals surface area contributed by atoms with E-state index >= 15 is 0 Å². The molecule has 3 aliphatic rings. The number of halogens is 1. The lowest BCUT2D eigenvalue weighted by Gasteiger charge is -2.35. The number of benzene rings is 2. The molecule has 0 bridgehead atoms. The largest absolute Gasteiger partial charge is 0.381 e. The maximum absolute atomic E-state index is 13.4. The van der Waals surface area contributed by atoms with E-state index in [0.29, 0.717) is 81.6 Å². The Hall–Kier alpha value is -5.72. The van der Waals surface area contributed by atoms with Crippen LogP contribution in [0.5, 0.6) is 0 Å². The van der Waals surface area contributed by atoms with Crippen molar-refractivity contribution < 1.29 is 28.7 Å². The van der Waals surface area contributed by atoms with Crippen LogP contribution in [0.1, 0.15) is 125 Å². The first-order chi connectivity index (χ1) is 33.9. The van der Waals surface area contributed by atoms with E-state index in [0.717, 1.165) is 108 Å². The fraction of sp³-hybridized carbons (Fsp3) is 0.481. The number of carbonyl (C=O) groups excluding carboxylic acids is 4. The van der Waals surface area contributed by atoms with Gasteiger partial charge in [0.15, 0.2) is 5.13 Å². The van der Waals surface area contributed by atoms with E-state index in [1.54, 1.807) is 30.5 Å². The topological polar surface area (TPSA) is 183 Å². The second kappa shape index (κ2) is 25.9. The van der Waals surface area contributed by atoms with Crippen molar-refractivity contribution in [1.82, 2.24) is 30.1 Å². The first kappa shape index (κ1) is 52.1. The number of amides is 4. The van der Waals surface area contributed by atoms with Gasteiger partial charge in [0.1, 0.15) is 22.3 Å². The number of hydrogen-bond acceptors (Lipinski definition) is 14. The Morgan fingerprint density at radius 3 is 2.24 bits per heavy atom. The number of nitrogens with one attached hydrogen (secondary N) is 4. The molecule has 0 spiro atoms. The number of hydrogen-bond donors (Lipinski definition) is 4. The van der Waals surface area contributed by atoms with Crippen LogP contribution in [-0.2, 0) is 14.3 Å². The Labute approximate surface area is 420 Å². The van der Waals surface area contributed by atoms with Crippen molar-refractivity contribution in [3.05, 3.63) is 106 Å². The lowest BCUT2D eigenvalue weighted by atomic mass is 10.0. The van der Waals surface area contributed by atoms with Crippen molar-refractivity contribution in [3.63, 3.8) is 0 Å². The molecule has 2 aromatic heterocycles. The minimum Gasteiger partial charge on any atom is -0.381 e.